The molecule has 0 amide bonds. The van der Waals surface area contributed by atoms with Gasteiger partial charge in [-0.25, -0.2) is 0 Å². The number of hydrogen-bond acceptors (Lipinski definition) is 0. The molecule has 0 fully saturated rings. The molecule has 2 aromatic rings. The summed E-state index contributed by atoms with van der Waals surface area (Å²) in [5, 5.41) is 0. The molecule has 0 heterocycles. The fourth-order valence-corrected chi connectivity index (χ4v) is 4.10. The van der Waals surface area contributed by atoms with Gasteiger partial charge in [0.25, 0.3) is 0 Å². The monoisotopic (exact) mass is 554 g/mol. The standard InChI is InChI=1S/C18H22I.AsF6/c1-13(2)15-5-9-17(10-6-15)19-18-11-7-16(8-12-18)14(3)4;2-1(3,4,5,6)7/h5-14H,1-4H3;/q+1;-1. The van der Waals surface area contributed by atoms with Crippen molar-refractivity contribution >= 4 is 14.2 Å². The molecule has 0 saturated heterocycles. The van der Waals surface area contributed by atoms with Crippen molar-refractivity contribution < 1.29 is 42.0 Å². The second-order valence-corrected chi connectivity index (χ2v) is 13.5. The quantitative estimate of drug-likeness (QED) is 0.302. The van der Waals surface area contributed by atoms with Crippen LogP contribution in [0.2, 0.25) is 0 Å². The molecule has 0 spiro atoms. The molecule has 0 aromatic heterocycles. The van der Waals surface area contributed by atoms with Crippen molar-refractivity contribution in [3.63, 3.8) is 0 Å². The summed E-state index contributed by atoms with van der Waals surface area (Å²) in [4.78, 5) is 0. The average molecular weight is 554 g/mol. The summed E-state index contributed by atoms with van der Waals surface area (Å²) in [6, 6.07) is 18.3. The van der Waals surface area contributed by atoms with Crippen LogP contribution in [0.1, 0.15) is 50.7 Å². The predicted octanol–water partition coefficient (Wildman–Crippen LogP) is 4.20. The van der Waals surface area contributed by atoms with E-state index in [1.807, 2.05) is 0 Å². The Morgan fingerprint density at radius 1 is 0.577 bits per heavy atom. The van der Waals surface area contributed by atoms with Crippen LogP contribution in [-0.2, 0) is 0 Å². The molecule has 2 aromatic carbocycles. The first-order valence-corrected chi connectivity index (χ1v) is 14.3. The maximum atomic E-state index is 9.91. The van der Waals surface area contributed by atoms with E-state index in [0.29, 0.717) is 11.8 Å². The zero-order valence-electron chi connectivity index (χ0n) is 14.9. The Labute approximate surface area is 162 Å². The predicted molar refractivity (Wildman–Crippen MR) is 90.9 cm³/mol. The van der Waals surface area contributed by atoms with Crippen LogP contribution >= 0.6 is 0 Å². The number of hydrogen-bond donors (Lipinski definition) is 0. The van der Waals surface area contributed by atoms with E-state index in [4.69, 9.17) is 0 Å². The van der Waals surface area contributed by atoms with E-state index in [9.17, 15) is 20.8 Å². The first-order valence-electron chi connectivity index (χ1n) is 7.92. The molecule has 0 aliphatic heterocycles. The molecule has 0 aliphatic rings. The zero-order valence-corrected chi connectivity index (χ0v) is 18.9. The summed E-state index contributed by atoms with van der Waals surface area (Å²) >= 11 is -11.1. The fraction of sp³-hybridized carbons (Fsp3) is 0.333. The molecule has 0 N–H and O–H groups in total. The van der Waals surface area contributed by atoms with Crippen LogP contribution in [0.4, 0.5) is 20.8 Å². The molecule has 2 rings (SSSR count). The molecule has 0 nitrogen and oxygen atoms in total. The van der Waals surface area contributed by atoms with E-state index in [2.05, 4.69) is 76.2 Å². The molecular weight excluding hydrogens is 532 g/mol. The number of rotatable bonds is 4. The van der Waals surface area contributed by atoms with Crippen molar-refractivity contribution in [2.45, 2.75) is 39.5 Å². The Hall–Kier alpha value is -0.692. The third-order valence-electron chi connectivity index (χ3n) is 3.29. The number of benzene rings is 2. The van der Waals surface area contributed by atoms with E-state index >= 15 is 0 Å². The molecule has 0 aliphatic carbocycles. The Bertz CT molecular complexity index is 643. The van der Waals surface area contributed by atoms with Gasteiger partial charge in [0.15, 0.2) is 7.14 Å². The Kier molecular flexibility index (Phi) is 6.95. The van der Waals surface area contributed by atoms with Crippen molar-refractivity contribution in [1.82, 2.24) is 0 Å². The van der Waals surface area contributed by atoms with Crippen LogP contribution in [0.5, 0.6) is 0 Å². The SMILES string of the molecule is CC(C)c1ccc([I+]c2ccc(C(C)C)cc2)cc1.F[As-](F)(F)(F)(F)F. The Balaban J connectivity index is 0.000000412. The van der Waals surface area contributed by atoms with Crippen LogP contribution in [0.15, 0.2) is 48.5 Å². The summed E-state index contributed by atoms with van der Waals surface area (Å²) in [6.07, 6.45) is 0. The van der Waals surface area contributed by atoms with Crippen molar-refractivity contribution in [2.24, 2.45) is 0 Å². The van der Waals surface area contributed by atoms with E-state index in [1.54, 1.807) is 0 Å². The van der Waals surface area contributed by atoms with Gasteiger partial charge in [0, 0.05) is 0 Å². The van der Waals surface area contributed by atoms with Gasteiger partial charge >= 0.3 is 56.2 Å². The summed E-state index contributed by atoms with van der Waals surface area (Å²) in [7, 11) is 0. The molecule has 0 unspecified atom stereocenters. The van der Waals surface area contributed by atoms with Gasteiger partial charge in [-0.3, -0.25) is 0 Å². The number of halogens is 7. The molecular formula is C18H22AsF6I. The normalized spacial score (nSPS) is 14.5. The van der Waals surface area contributed by atoms with Gasteiger partial charge in [0.2, 0.25) is 0 Å². The summed E-state index contributed by atoms with van der Waals surface area (Å²) < 4.78 is 62.4. The molecule has 0 atom stereocenters. The van der Waals surface area contributed by atoms with E-state index in [-0.39, 0.29) is 21.2 Å². The van der Waals surface area contributed by atoms with Gasteiger partial charge < -0.3 is 0 Å². The van der Waals surface area contributed by atoms with Gasteiger partial charge in [-0.15, -0.1) is 0 Å². The Morgan fingerprint density at radius 3 is 1.00 bits per heavy atom. The summed E-state index contributed by atoms with van der Waals surface area (Å²) in [6.45, 7) is 8.98. The molecule has 148 valence electrons. The zero-order chi connectivity index (χ0) is 20.2. The van der Waals surface area contributed by atoms with Gasteiger partial charge in [0.1, 0.15) is 0 Å². The first-order chi connectivity index (χ1) is 11.5. The van der Waals surface area contributed by atoms with Gasteiger partial charge in [-0.1, -0.05) is 52.0 Å². The molecule has 0 radical (unpaired) electrons. The second kappa shape index (κ2) is 7.74. The molecule has 8 heteroatoms. The van der Waals surface area contributed by atoms with Gasteiger partial charge in [0.05, 0.1) is 0 Å². The van der Waals surface area contributed by atoms with Crippen LogP contribution in [0, 0.1) is 7.14 Å². The van der Waals surface area contributed by atoms with Crippen LogP contribution < -0.4 is 21.2 Å². The summed E-state index contributed by atoms with van der Waals surface area (Å²) in [5.74, 6) is 1.25. The second-order valence-electron chi connectivity index (χ2n) is 6.47. The van der Waals surface area contributed by atoms with Crippen molar-refractivity contribution in [3.8, 4) is 0 Å². The first kappa shape index (κ1) is 23.3. The van der Waals surface area contributed by atoms with Crippen molar-refractivity contribution in [2.75, 3.05) is 0 Å². The summed E-state index contributed by atoms with van der Waals surface area (Å²) in [5.41, 5.74) is 2.87. The van der Waals surface area contributed by atoms with Gasteiger partial charge in [-0.05, 0) is 47.2 Å². The molecule has 0 saturated carbocycles. The minimum atomic E-state index is -11.1. The Morgan fingerprint density at radius 2 is 0.808 bits per heavy atom. The molecule has 26 heavy (non-hydrogen) atoms. The van der Waals surface area contributed by atoms with Crippen molar-refractivity contribution in [1.29, 1.82) is 0 Å². The third kappa shape index (κ3) is 11.8. The minimum absolute atomic E-state index is 0.0366. The molecule has 0 bridgehead atoms. The third-order valence-corrected chi connectivity index (χ3v) is 5.98. The van der Waals surface area contributed by atoms with E-state index in [1.165, 1.54) is 18.3 Å². The van der Waals surface area contributed by atoms with Crippen LogP contribution in [0.3, 0.4) is 0 Å². The van der Waals surface area contributed by atoms with Gasteiger partial charge in [-0.2, -0.15) is 0 Å². The maximum absolute atomic E-state index is 11.1. The fourth-order valence-electron chi connectivity index (χ4n) is 1.95. The average Bonchev–Trinajstić information content (AvgIpc) is 2.45. The van der Waals surface area contributed by atoms with E-state index < -0.39 is 14.2 Å². The van der Waals surface area contributed by atoms with E-state index in [0.717, 1.165) is 0 Å². The van der Waals surface area contributed by atoms with Crippen molar-refractivity contribution in [3.05, 3.63) is 66.8 Å². The topological polar surface area (TPSA) is 0 Å². The van der Waals surface area contributed by atoms with Crippen LogP contribution in [0.25, 0.3) is 0 Å². The van der Waals surface area contributed by atoms with Crippen LogP contribution in [-0.4, -0.2) is 14.2 Å².